The molecule has 17 heavy (non-hydrogen) atoms. The van der Waals surface area contributed by atoms with E-state index in [9.17, 15) is 14.7 Å². The molecule has 6 N–H and O–H groups in total. The molecule has 8 nitrogen and oxygen atoms in total. The van der Waals surface area contributed by atoms with Crippen molar-refractivity contribution in [3.05, 3.63) is 0 Å². The monoisotopic (exact) mass is 244 g/mol. The summed E-state index contributed by atoms with van der Waals surface area (Å²) in [6.45, 7) is 1.62. The molecule has 1 saturated heterocycles. The molecule has 0 bridgehead atoms. The molecular formula is C9H16N4O4. The van der Waals surface area contributed by atoms with Gasteiger partial charge in [0.15, 0.2) is 6.04 Å². The van der Waals surface area contributed by atoms with Gasteiger partial charge in [-0.05, 0) is 26.3 Å². The maximum absolute atomic E-state index is 11.2. The number of nitrogens with two attached hydrogens (primary N) is 1. The van der Waals surface area contributed by atoms with Crippen LogP contribution in [0, 0.1) is 0 Å². The second-order valence-corrected chi connectivity index (χ2v) is 3.91. The Balaban J connectivity index is 2.72. The van der Waals surface area contributed by atoms with E-state index < -0.39 is 23.6 Å². The zero-order chi connectivity index (χ0) is 13.1. The lowest BCUT2D eigenvalue weighted by molar-refractivity contribution is -0.138. The quantitative estimate of drug-likeness (QED) is 0.378. The van der Waals surface area contributed by atoms with E-state index in [4.69, 9.17) is 10.8 Å². The summed E-state index contributed by atoms with van der Waals surface area (Å²) in [6.07, 6.45) is 0.785. The van der Waals surface area contributed by atoms with Crippen molar-refractivity contribution in [2.45, 2.75) is 31.5 Å². The van der Waals surface area contributed by atoms with E-state index >= 15 is 0 Å². The molecular weight excluding hydrogens is 228 g/mol. The lowest BCUT2D eigenvalue weighted by Gasteiger charge is -2.12. The zero-order valence-corrected chi connectivity index (χ0v) is 9.43. The number of hydrogen-bond donors (Lipinski definition) is 5. The molecule has 0 aromatic heterocycles. The van der Waals surface area contributed by atoms with Crippen molar-refractivity contribution in [2.24, 2.45) is 10.7 Å². The van der Waals surface area contributed by atoms with Crippen molar-refractivity contribution in [1.82, 2.24) is 10.6 Å². The van der Waals surface area contributed by atoms with Crippen molar-refractivity contribution in [3.8, 4) is 0 Å². The molecule has 0 saturated carbocycles. The average Bonchev–Trinajstić information content (AvgIpc) is 2.47. The number of aliphatic carboxylic acids is 1. The highest BCUT2D eigenvalue weighted by Crippen LogP contribution is 2.07. The van der Waals surface area contributed by atoms with E-state index in [1.807, 2.05) is 0 Å². The number of hydrogen-bond acceptors (Lipinski definition) is 5. The standard InChI is InChI=1S/C9H16N4O4/c1-9(17)7(16)12-8(13-9)11-5(6(14)15)3-2-4-10/h5,17H,2-4,10H2,1H3,(H,14,15)(H2,11,12,13,16)/t5-,9?/m0/s1. The molecule has 1 amide bonds. The van der Waals surface area contributed by atoms with Crippen LogP contribution in [0.4, 0.5) is 0 Å². The van der Waals surface area contributed by atoms with Crippen molar-refractivity contribution < 1.29 is 19.8 Å². The van der Waals surface area contributed by atoms with Gasteiger partial charge in [0, 0.05) is 0 Å². The second-order valence-electron chi connectivity index (χ2n) is 3.91. The Hall–Kier alpha value is -1.67. The number of amides is 1. The van der Waals surface area contributed by atoms with Gasteiger partial charge in [0.05, 0.1) is 0 Å². The lowest BCUT2D eigenvalue weighted by Crippen LogP contribution is -2.43. The highest BCUT2D eigenvalue weighted by atomic mass is 16.4. The SMILES string of the molecule is CC1(O)NC(=N[C@@H](CCCN)C(=O)O)NC1=O. The molecule has 1 aliphatic rings. The fourth-order valence-corrected chi connectivity index (χ4v) is 1.32. The first kappa shape index (κ1) is 13.4. The first-order valence-corrected chi connectivity index (χ1v) is 5.19. The molecule has 1 rings (SSSR count). The highest BCUT2D eigenvalue weighted by molar-refractivity contribution is 6.08. The number of nitrogens with zero attached hydrogens (tertiary/aromatic N) is 1. The Labute approximate surface area is 97.9 Å². The highest BCUT2D eigenvalue weighted by Gasteiger charge is 2.39. The van der Waals surface area contributed by atoms with Crippen LogP contribution in [-0.2, 0) is 9.59 Å². The Morgan fingerprint density at radius 1 is 1.65 bits per heavy atom. The number of guanidine groups is 1. The molecule has 0 spiro atoms. The molecule has 96 valence electrons. The summed E-state index contributed by atoms with van der Waals surface area (Å²) in [7, 11) is 0. The fraction of sp³-hybridized carbons (Fsp3) is 0.667. The summed E-state index contributed by atoms with van der Waals surface area (Å²) < 4.78 is 0. The molecule has 0 aliphatic carbocycles. The topological polar surface area (TPSA) is 137 Å². The fourth-order valence-electron chi connectivity index (χ4n) is 1.32. The van der Waals surface area contributed by atoms with Gasteiger partial charge in [0.25, 0.3) is 5.91 Å². The van der Waals surface area contributed by atoms with Gasteiger partial charge in [0.1, 0.15) is 0 Å². The summed E-state index contributed by atoms with van der Waals surface area (Å²) in [5, 5.41) is 23.0. The maximum atomic E-state index is 11.2. The number of nitrogens with one attached hydrogen (secondary N) is 2. The Kier molecular flexibility index (Phi) is 4.02. The minimum atomic E-state index is -1.75. The molecule has 1 heterocycles. The number of carboxylic acid groups (broad SMARTS) is 1. The van der Waals surface area contributed by atoms with Crippen LogP contribution in [0.5, 0.6) is 0 Å². The van der Waals surface area contributed by atoms with Crippen molar-refractivity contribution >= 4 is 17.8 Å². The Morgan fingerprint density at radius 3 is 2.71 bits per heavy atom. The Morgan fingerprint density at radius 2 is 2.29 bits per heavy atom. The van der Waals surface area contributed by atoms with Crippen LogP contribution in [0.1, 0.15) is 19.8 Å². The summed E-state index contributed by atoms with van der Waals surface area (Å²) in [4.78, 5) is 25.9. The number of rotatable bonds is 5. The number of carboxylic acids is 1. The normalized spacial score (nSPS) is 27.7. The van der Waals surface area contributed by atoms with E-state index in [0.29, 0.717) is 13.0 Å². The molecule has 0 aromatic rings. The minimum absolute atomic E-state index is 0.0376. The third kappa shape index (κ3) is 3.40. The van der Waals surface area contributed by atoms with Crippen molar-refractivity contribution in [2.75, 3.05) is 6.54 Å². The first-order chi connectivity index (χ1) is 7.86. The van der Waals surface area contributed by atoms with Crippen LogP contribution in [0.3, 0.4) is 0 Å². The van der Waals surface area contributed by atoms with E-state index in [2.05, 4.69) is 15.6 Å². The van der Waals surface area contributed by atoms with Crippen LogP contribution in [-0.4, -0.2) is 46.4 Å². The summed E-state index contributed by atoms with van der Waals surface area (Å²) in [5.74, 6) is -1.81. The number of aliphatic hydroxyl groups is 1. The van der Waals surface area contributed by atoms with Gasteiger partial charge in [-0.15, -0.1) is 0 Å². The van der Waals surface area contributed by atoms with E-state index in [0.717, 1.165) is 0 Å². The zero-order valence-electron chi connectivity index (χ0n) is 9.43. The van der Waals surface area contributed by atoms with Gasteiger partial charge >= 0.3 is 5.97 Å². The third-order valence-corrected chi connectivity index (χ3v) is 2.29. The second kappa shape index (κ2) is 5.11. The van der Waals surface area contributed by atoms with Crippen molar-refractivity contribution in [1.29, 1.82) is 0 Å². The molecule has 0 aromatic carbocycles. The molecule has 2 atom stereocenters. The predicted octanol–water partition coefficient (Wildman–Crippen LogP) is -2.04. The van der Waals surface area contributed by atoms with Gasteiger partial charge in [-0.2, -0.15) is 0 Å². The van der Waals surface area contributed by atoms with Crippen LogP contribution in [0.25, 0.3) is 0 Å². The summed E-state index contributed by atoms with van der Waals surface area (Å²) in [5.41, 5.74) is 3.53. The van der Waals surface area contributed by atoms with Crippen molar-refractivity contribution in [3.63, 3.8) is 0 Å². The summed E-state index contributed by atoms with van der Waals surface area (Å²) in [6, 6.07) is -0.991. The van der Waals surface area contributed by atoms with Gasteiger partial charge in [-0.25, -0.2) is 9.79 Å². The van der Waals surface area contributed by atoms with Gasteiger partial charge in [0.2, 0.25) is 11.7 Å². The van der Waals surface area contributed by atoms with Crippen LogP contribution >= 0.6 is 0 Å². The molecule has 1 fully saturated rings. The maximum Gasteiger partial charge on any atom is 0.328 e. The number of carbonyl (C=O) groups excluding carboxylic acids is 1. The van der Waals surface area contributed by atoms with Crippen LogP contribution < -0.4 is 16.4 Å². The number of aliphatic imine (C=N–C) groups is 1. The smallest absolute Gasteiger partial charge is 0.328 e. The van der Waals surface area contributed by atoms with Gasteiger partial charge < -0.3 is 21.3 Å². The van der Waals surface area contributed by atoms with Gasteiger partial charge in [-0.3, -0.25) is 10.1 Å². The summed E-state index contributed by atoms with van der Waals surface area (Å²) >= 11 is 0. The Bertz CT molecular complexity index is 353. The average molecular weight is 244 g/mol. The van der Waals surface area contributed by atoms with E-state index in [-0.39, 0.29) is 12.4 Å². The van der Waals surface area contributed by atoms with Gasteiger partial charge in [-0.1, -0.05) is 0 Å². The molecule has 1 unspecified atom stereocenters. The first-order valence-electron chi connectivity index (χ1n) is 5.19. The third-order valence-electron chi connectivity index (χ3n) is 2.29. The van der Waals surface area contributed by atoms with E-state index in [1.165, 1.54) is 6.92 Å². The number of carbonyl (C=O) groups is 2. The largest absolute Gasteiger partial charge is 0.480 e. The molecule has 0 radical (unpaired) electrons. The molecule has 1 aliphatic heterocycles. The predicted molar refractivity (Wildman–Crippen MR) is 59.0 cm³/mol. The van der Waals surface area contributed by atoms with Crippen LogP contribution in [0.2, 0.25) is 0 Å². The van der Waals surface area contributed by atoms with E-state index in [1.54, 1.807) is 0 Å². The van der Waals surface area contributed by atoms with Crippen LogP contribution in [0.15, 0.2) is 4.99 Å². The minimum Gasteiger partial charge on any atom is -0.480 e. The lowest BCUT2D eigenvalue weighted by atomic mass is 10.2. The molecule has 8 heteroatoms.